The Morgan fingerprint density at radius 1 is 1.28 bits per heavy atom. The van der Waals surface area contributed by atoms with E-state index in [1.54, 1.807) is 19.1 Å². The van der Waals surface area contributed by atoms with Crippen LogP contribution in [0.2, 0.25) is 5.02 Å². The number of rotatable bonds is 3. The molecule has 0 unspecified atom stereocenters. The summed E-state index contributed by atoms with van der Waals surface area (Å²) in [5.74, 6) is -1.11. The molecule has 3 rings (SSSR count). The number of nitro groups is 1. The van der Waals surface area contributed by atoms with Gasteiger partial charge in [-0.15, -0.1) is 0 Å². The summed E-state index contributed by atoms with van der Waals surface area (Å²) >= 11 is 5.81. The van der Waals surface area contributed by atoms with Gasteiger partial charge in [-0.25, -0.2) is 9.38 Å². The van der Waals surface area contributed by atoms with E-state index in [1.165, 1.54) is 30.3 Å². The van der Waals surface area contributed by atoms with Crippen molar-refractivity contribution in [2.75, 3.05) is 0 Å². The summed E-state index contributed by atoms with van der Waals surface area (Å²) in [6.45, 7) is 1.60. The molecule has 1 heterocycles. The fourth-order valence-corrected chi connectivity index (χ4v) is 2.29. The maximum absolute atomic E-state index is 13.2. The second kappa shape index (κ2) is 6.36. The first-order valence-corrected chi connectivity index (χ1v) is 7.37. The third-order valence-electron chi connectivity index (χ3n) is 3.37. The van der Waals surface area contributed by atoms with Crippen LogP contribution in [0.1, 0.15) is 5.56 Å². The molecular weight excluding hydrogens is 353 g/mol. The smallest absolute Gasteiger partial charge is 0.409 e. The quantitative estimate of drug-likeness (QED) is 0.439. The Kier molecular flexibility index (Phi) is 4.24. The molecule has 0 atom stereocenters. The molecule has 25 heavy (non-hydrogen) atoms. The molecule has 128 valence electrons. The van der Waals surface area contributed by atoms with Crippen LogP contribution in [0.4, 0.5) is 15.9 Å². The Labute approximate surface area is 145 Å². The zero-order valence-corrected chi connectivity index (χ0v) is 13.6. The second-order valence-corrected chi connectivity index (χ2v) is 5.54. The van der Waals surface area contributed by atoms with Crippen molar-refractivity contribution in [1.82, 2.24) is 14.7 Å². The van der Waals surface area contributed by atoms with Gasteiger partial charge >= 0.3 is 5.82 Å². The highest BCUT2D eigenvalue weighted by molar-refractivity contribution is 6.30. The van der Waals surface area contributed by atoms with Gasteiger partial charge in [-0.2, -0.15) is 0 Å². The first-order valence-electron chi connectivity index (χ1n) is 6.99. The summed E-state index contributed by atoms with van der Waals surface area (Å²) in [5, 5.41) is 25.8. The van der Waals surface area contributed by atoms with E-state index in [1.807, 2.05) is 0 Å². The minimum absolute atomic E-state index is 0.267. The molecule has 0 aliphatic rings. The Bertz CT molecular complexity index is 1030. The molecule has 0 spiro atoms. The molecule has 8 nitrogen and oxygen atoms in total. The third-order valence-corrected chi connectivity index (χ3v) is 3.63. The maximum atomic E-state index is 13.2. The molecule has 10 heteroatoms. The number of hydrogen-bond donors (Lipinski definition) is 1. The van der Waals surface area contributed by atoms with Crippen LogP contribution >= 0.6 is 11.6 Å². The van der Waals surface area contributed by atoms with Crippen LogP contribution in [0.25, 0.3) is 5.69 Å². The van der Waals surface area contributed by atoms with Crippen LogP contribution in [-0.2, 0) is 0 Å². The van der Waals surface area contributed by atoms with Crippen molar-refractivity contribution in [3.63, 3.8) is 0 Å². The second-order valence-electron chi connectivity index (χ2n) is 5.10. The van der Waals surface area contributed by atoms with E-state index in [-0.39, 0.29) is 5.69 Å². The average Bonchev–Trinajstić information content (AvgIpc) is 2.88. The first-order chi connectivity index (χ1) is 11.9. The molecule has 1 N–H and O–H groups in total. The maximum Gasteiger partial charge on any atom is 0.438 e. The van der Waals surface area contributed by atoms with E-state index < -0.39 is 22.0 Å². The molecule has 0 radical (unpaired) electrons. The highest BCUT2D eigenvalue weighted by Crippen LogP contribution is 2.19. The summed E-state index contributed by atoms with van der Waals surface area (Å²) in [5.41, 5.74) is 0.665. The van der Waals surface area contributed by atoms with Crippen molar-refractivity contribution in [2.24, 2.45) is 4.99 Å². The molecule has 1 aromatic heterocycles. The Hall–Kier alpha value is -3.20. The molecule has 0 aliphatic carbocycles. The largest absolute Gasteiger partial charge is 0.438 e. The zero-order valence-electron chi connectivity index (χ0n) is 12.8. The molecule has 2 aromatic carbocycles. The van der Waals surface area contributed by atoms with E-state index in [0.717, 1.165) is 4.80 Å². The van der Waals surface area contributed by atoms with Gasteiger partial charge in [-0.1, -0.05) is 16.4 Å². The molecule has 0 saturated heterocycles. The standard InChI is InChI=1S/C15H11ClFN5O3/c1-9-8-11(17)4-7-13(9)18-14-15(22(24)25)19-20(21(14)23)12-5-2-10(16)3-6-12/h2-8,23H,1H3. The van der Waals surface area contributed by atoms with Crippen molar-refractivity contribution in [3.05, 3.63) is 74.5 Å². The summed E-state index contributed by atoms with van der Waals surface area (Å²) in [7, 11) is 0. The Balaban J connectivity index is 2.24. The Morgan fingerprint density at radius 3 is 2.56 bits per heavy atom. The Morgan fingerprint density at radius 2 is 1.96 bits per heavy atom. The van der Waals surface area contributed by atoms with Crippen molar-refractivity contribution in [3.8, 4) is 5.69 Å². The normalized spacial score (nSPS) is 11.7. The molecule has 3 aromatic rings. The molecule has 0 aliphatic heterocycles. The average molecular weight is 364 g/mol. The van der Waals surface area contributed by atoms with E-state index in [2.05, 4.69) is 10.1 Å². The third kappa shape index (κ3) is 3.22. The van der Waals surface area contributed by atoms with E-state index in [4.69, 9.17) is 11.6 Å². The lowest BCUT2D eigenvalue weighted by Crippen LogP contribution is -2.22. The zero-order chi connectivity index (χ0) is 18.1. The topological polar surface area (TPSA) is 98.5 Å². The van der Waals surface area contributed by atoms with Crippen LogP contribution in [0.3, 0.4) is 0 Å². The van der Waals surface area contributed by atoms with Crippen LogP contribution in [0, 0.1) is 22.9 Å². The molecule has 0 amide bonds. The van der Waals surface area contributed by atoms with Gasteiger partial charge in [0, 0.05) is 5.02 Å². The fourth-order valence-electron chi connectivity index (χ4n) is 2.17. The molecule has 0 bridgehead atoms. The lowest BCUT2D eigenvalue weighted by Gasteiger charge is -2.01. The highest BCUT2D eigenvalue weighted by atomic mass is 35.5. The summed E-state index contributed by atoms with van der Waals surface area (Å²) in [6, 6.07) is 9.90. The van der Waals surface area contributed by atoms with Gasteiger partial charge in [-0.05, 0) is 64.7 Å². The highest BCUT2D eigenvalue weighted by Gasteiger charge is 2.24. The van der Waals surface area contributed by atoms with Gasteiger partial charge in [0.15, 0.2) is 0 Å². The monoisotopic (exact) mass is 363 g/mol. The molecule has 0 saturated carbocycles. The number of nitrogens with zero attached hydrogens (tertiary/aromatic N) is 5. The first kappa shape index (κ1) is 16.7. The fraction of sp³-hybridized carbons (Fsp3) is 0.0667. The van der Waals surface area contributed by atoms with E-state index in [0.29, 0.717) is 21.1 Å². The van der Waals surface area contributed by atoms with Crippen molar-refractivity contribution in [1.29, 1.82) is 0 Å². The SMILES string of the molecule is Cc1cc(F)ccc1N=c1c([N+](=O)[O-])nn(-c2ccc(Cl)cc2)n1O. The predicted octanol–water partition coefficient (Wildman–Crippen LogP) is 3.15. The number of halogens is 2. The van der Waals surface area contributed by atoms with Crippen LogP contribution < -0.4 is 5.49 Å². The van der Waals surface area contributed by atoms with Crippen LogP contribution in [-0.4, -0.2) is 24.9 Å². The van der Waals surface area contributed by atoms with E-state index >= 15 is 0 Å². The summed E-state index contributed by atoms with van der Waals surface area (Å²) < 4.78 is 13.2. The van der Waals surface area contributed by atoms with Crippen molar-refractivity contribution >= 4 is 23.1 Å². The van der Waals surface area contributed by atoms with E-state index in [9.17, 15) is 19.7 Å². The van der Waals surface area contributed by atoms with Gasteiger partial charge in [-0.3, -0.25) is 0 Å². The van der Waals surface area contributed by atoms with Gasteiger partial charge < -0.3 is 15.3 Å². The number of aryl methyl sites for hydroxylation is 1. The van der Waals surface area contributed by atoms with Gasteiger partial charge in [0.2, 0.25) is 0 Å². The van der Waals surface area contributed by atoms with Crippen LogP contribution in [0.5, 0.6) is 0 Å². The number of benzene rings is 2. The van der Waals surface area contributed by atoms with Gasteiger partial charge in [0.1, 0.15) is 11.5 Å². The molecule has 0 fully saturated rings. The van der Waals surface area contributed by atoms with Crippen molar-refractivity contribution in [2.45, 2.75) is 6.92 Å². The van der Waals surface area contributed by atoms with Crippen molar-refractivity contribution < 1.29 is 14.5 Å². The molecular formula is C15H11ClFN5O3. The minimum atomic E-state index is -0.767. The number of aromatic nitrogens is 3. The minimum Gasteiger partial charge on any atom is -0.409 e. The van der Waals surface area contributed by atoms with Gasteiger partial charge in [0.25, 0.3) is 5.49 Å². The predicted molar refractivity (Wildman–Crippen MR) is 86.8 cm³/mol. The number of hydrogen-bond acceptors (Lipinski definition) is 5. The summed E-state index contributed by atoms with van der Waals surface area (Å²) in [4.78, 5) is 15.9. The van der Waals surface area contributed by atoms with Crippen LogP contribution in [0.15, 0.2) is 47.5 Å². The van der Waals surface area contributed by atoms with Gasteiger partial charge in [0.05, 0.1) is 10.8 Å². The lowest BCUT2D eigenvalue weighted by atomic mass is 10.2. The lowest BCUT2D eigenvalue weighted by molar-refractivity contribution is -0.391. The summed E-state index contributed by atoms with van der Waals surface area (Å²) in [6.07, 6.45) is 0.